The van der Waals surface area contributed by atoms with Crippen LogP contribution in [-0.2, 0) is 0 Å². The molecule has 0 fully saturated rings. The fourth-order valence-electron chi connectivity index (χ4n) is 1.39. The van der Waals surface area contributed by atoms with E-state index in [0.717, 1.165) is 0 Å². The molecule has 0 saturated carbocycles. The number of hydrogen-bond donors (Lipinski definition) is 2. The Kier molecular flexibility index (Phi) is 4.59. The van der Waals surface area contributed by atoms with Crippen molar-refractivity contribution in [2.45, 2.75) is 19.4 Å². The second kappa shape index (κ2) is 5.95. The molecule has 0 aliphatic carbocycles. The first-order valence-electron chi connectivity index (χ1n) is 5.23. The first-order chi connectivity index (χ1) is 8.12. The number of nitro groups is 1. The highest BCUT2D eigenvalue weighted by Crippen LogP contribution is 2.25. The Morgan fingerprint density at radius 3 is 2.76 bits per heavy atom. The van der Waals surface area contributed by atoms with Crippen LogP contribution in [0.1, 0.15) is 23.7 Å². The number of nitro benzene ring substituents is 1. The zero-order chi connectivity index (χ0) is 12.8. The summed E-state index contributed by atoms with van der Waals surface area (Å²) in [7, 11) is 0. The van der Waals surface area contributed by atoms with Gasteiger partial charge in [-0.1, -0.05) is 6.92 Å². The highest BCUT2D eigenvalue weighted by Gasteiger charge is 2.16. The highest BCUT2D eigenvalue weighted by molar-refractivity contribution is 5.79. The van der Waals surface area contributed by atoms with Crippen LogP contribution >= 0.6 is 0 Å². The molecule has 1 atom stereocenters. The fraction of sp³-hybridized carbons (Fsp3) is 0.364. The van der Waals surface area contributed by atoms with Crippen molar-refractivity contribution in [2.24, 2.45) is 0 Å². The van der Waals surface area contributed by atoms with E-state index in [9.17, 15) is 14.9 Å². The molecular formula is C11H14N2O4. The Balaban J connectivity index is 3.05. The van der Waals surface area contributed by atoms with Crippen LogP contribution in [0.2, 0.25) is 0 Å². The molecule has 6 heteroatoms. The summed E-state index contributed by atoms with van der Waals surface area (Å²) in [5.41, 5.74) is 0.391. The number of carbonyl (C=O) groups excluding carboxylic acids is 1. The minimum Gasteiger partial charge on any atom is -0.394 e. The van der Waals surface area contributed by atoms with Gasteiger partial charge < -0.3 is 10.4 Å². The Morgan fingerprint density at radius 2 is 2.29 bits per heavy atom. The highest BCUT2D eigenvalue weighted by atomic mass is 16.6. The molecule has 2 N–H and O–H groups in total. The summed E-state index contributed by atoms with van der Waals surface area (Å²) in [5.74, 6) is 0. The third kappa shape index (κ3) is 3.25. The van der Waals surface area contributed by atoms with Crippen LogP contribution in [0.4, 0.5) is 11.4 Å². The van der Waals surface area contributed by atoms with E-state index in [0.29, 0.717) is 18.4 Å². The number of anilines is 1. The van der Waals surface area contributed by atoms with Gasteiger partial charge in [-0.05, 0) is 18.6 Å². The smallest absolute Gasteiger partial charge is 0.293 e. The van der Waals surface area contributed by atoms with E-state index in [4.69, 9.17) is 5.11 Å². The van der Waals surface area contributed by atoms with Crippen molar-refractivity contribution < 1.29 is 14.8 Å². The number of carbonyl (C=O) groups is 1. The first kappa shape index (κ1) is 13.1. The molecule has 1 rings (SSSR count). The molecule has 0 aliphatic heterocycles. The molecule has 1 aromatic rings. The standard InChI is InChI=1S/C11H14N2O4/c1-2-9(7-15)12-10-4-3-8(6-14)5-11(10)13(16)17/h3-6,9,12,15H,2,7H2,1H3. The summed E-state index contributed by atoms with van der Waals surface area (Å²) in [6.45, 7) is 1.75. The number of hydrogen-bond acceptors (Lipinski definition) is 5. The van der Waals surface area contributed by atoms with Crippen molar-refractivity contribution >= 4 is 17.7 Å². The Hall–Kier alpha value is -1.95. The molecule has 0 radical (unpaired) electrons. The van der Waals surface area contributed by atoms with Gasteiger partial charge in [-0.25, -0.2) is 0 Å². The normalized spacial score (nSPS) is 11.9. The summed E-state index contributed by atoms with van der Waals surface area (Å²) in [4.78, 5) is 20.8. The molecule has 17 heavy (non-hydrogen) atoms. The topological polar surface area (TPSA) is 92.5 Å². The van der Waals surface area contributed by atoms with Crippen LogP contribution in [0.25, 0.3) is 0 Å². The zero-order valence-corrected chi connectivity index (χ0v) is 9.42. The number of aliphatic hydroxyl groups excluding tert-OH is 1. The first-order valence-corrected chi connectivity index (χ1v) is 5.23. The lowest BCUT2D eigenvalue weighted by atomic mass is 10.1. The van der Waals surface area contributed by atoms with Gasteiger partial charge in [0.15, 0.2) is 0 Å². The maximum Gasteiger partial charge on any atom is 0.293 e. The third-order valence-corrected chi connectivity index (χ3v) is 2.43. The van der Waals surface area contributed by atoms with E-state index in [1.54, 1.807) is 0 Å². The largest absolute Gasteiger partial charge is 0.394 e. The average Bonchev–Trinajstić information content (AvgIpc) is 2.35. The fourth-order valence-corrected chi connectivity index (χ4v) is 1.39. The maximum absolute atomic E-state index is 10.8. The van der Waals surface area contributed by atoms with Crippen molar-refractivity contribution in [1.82, 2.24) is 0 Å². The Bertz CT molecular complexity index is 416. The van der Waals surface area contributed by atoms with E-state index in [1.807, 2.05) is 6.92 Å². The monoisotopic (exact) mass is 238 g/mol. The summed E-state index contributed by atoms with van der Waals surface area (Å²) in [5, 5.41) is 22.7. The van der Waals surface area contributed by atoms with Crippen LogP contribution in [0.15, 0.2) is 18.2 Å². The summed E-state index contributed by atoms with van der Waals surface area (Å²) >= 11 is 0. The van der Waals surface area contributed by atoms with E-state index in [2.05, 4.69) is 5.32 Å². The van der Waals surface area contributed by atoms with Crippen LogP contribution in [-0.4, -0.2) is 29.0 Å². The van der Waals surface area contributed by atoms with Gasteiger partial charge >= 0.3 is 0 Å². The molecule has 0 bridgehead atoms. The van der Waals surface area contributed by atoms with Gasteiger partial charge in [-0.2, -0.15) is 0 Å². The predicted octanol–water partition coefficient (Wildman–Crippen LogP) is 1.59. The summed E-state index contributed by atoms with van der Waals surface area (Å²) in [6.07, 6.45) is 1.20. The molecule has 0 heterocycles. The van der Waals surface area contributed by atoms with E-state index in [1.165, 1.54) is 18.2 Å². The molecule has 0 saturated heterocycles. The van der Waals surface area contributed by atoms with Gasteiger partial charge in [0.2, 0.25) is 0 Å². The van der Waals surface area contributed by atoms with Crippen LogP contribution in [0.5, 0.6) is 0 Å². The quantitative estimate of drug-likeness (QED) is 0.446. The lowest BCUT2D eigenvalue weighted by Gasteiger charge is -2.15. The minimum absolute atomic E-state index is 0.108. The number of aliphatic hydroxyl groups is 1. The van der Waals surface area contributed by atoms with E-state index in [-0.39, 0.29) is 23.9 Å². The lowest BCUT2D eigenvalue weighted by Crippen LogP contribution is -2.23. The van der Waals surface area contributed by atoms with Gasteiger partial charge in [0.1, 0.15) is 12.0 Å². The minimum atomic E-state index is -0.556. The van der Waals surface area contributed by atoms with E-state index >= 15 is 0 Å². The van der Waals surface area contributed by atoms with Gasteiger partial charge in [0.25, 0.3) is 5.69 Å². The molecule has 6 nitrogen and oxygen atoms in total. The third-order valence-electron chi connectivity index (χ3n) is 2.43. The second-order valence-corrected chi connectivity index (χ2v) is 3.58. The number of nitrogens with one attached hydrogen (secondary N) is 1. The van der Waals surface area contributed by atoms with E-state index < -0.39 is 4.92 Å². The second-order valence-electron chi connectivity index (χ2n) is 3.58. The maximum atomic E-state index is 10.8. The lowest BCUT2D eigenvalue weighted by molar-refractivity contribution is -0.384. The van der Waals surface area contributed by atoms with Gasteiger partial charge in [0.05, 0.1) is 11.5 Å². The summed E-state index contributed by atoms with van der Waals surface area (Å²) < 4.78 is 0. The molecule has 0 aliphatic rings. The van der Waals surface area contributed by atoms with Gasteiger partial charge in [0, 0.05) is 17.7 Å². The SMILES string of the molecule is CCC(CO)Nc1ccc(C=O)cc1[N+](=O)[O-]. The zero-order valence-electron chi connectivity index (χ0n) is 9.42. The summed E-state index contributed by atoms with van der Waals surface area (Å²) in [6, 6.07) is 3.93. The molecule has 1 unspecified atom stereocenters. The van der Waals surface area contributed by atoms with Crippen LogP contribution in [0.3, 0.4) is 0 Å². The van der Waals surface area contributed by atoms with Crippen molar-refractivity contribution in [3.63, 3.8) is 0 Å². The molecule has 92 valence electrons. The predicted molar refractivity (Wildman–Crippen MR) is 63.3 cm³/mol. The number of nitrogens with zero attached hydrogens (tertiary/aromatic N) is 1. The number of benzene rings is 1. The average molecular weight is 238 g/mol. The Morgan fingerprint density at radius 1 is 1.59 bits per heavy atom. The molecule has 0 amide bonds. The van der Waals surface area contributed by atoms with Crippen molar-refractivity contribution in [2.75, 3.05) is 11.9 Å². The van der Waals surface area contributed by atoms with Gasteiger partial charge in [-0.3, -0.25) is 14.9 Å². The van der Waals surface area contributed by atoms with Crippen molar-refractivity contribution in [1.29, 1.82) is 0 Å². The molecule has 0 aromatic heterocycles. The molecule has 0 spiro atoms. The van der Waals surface area contributed by atoms with Crippen LogP contribution in [0, 0.1) is 10.1 Å². The Labute approximate surface area is 98.4 Å². The molecule has 1 aromatic carbocycles. The van der Waals surface area contributed by atoms with Crippen LogP contribution < -0.4 is 5.32 Å². The van der Waals surface area contributed by atoms with Crippen molar-refractivity contribution in [3.05, 3.63) is 33.9 Å². The number of aldehydes is 1. The van der Waals surface area contributed by atoms with Gasteiger partial charge in [-0.15, -0.1) is 0 Å². The van der Waals surface area contributed by atoms with Crippen molar-refractivity contribution in [3.8, 4) is 0 Å². The number of rotatable bonds is 6. The molecular weight excluding hydrogens is 224 g/mol.